The molecular formula is C46H51N2O3S-. The quantitative estimate of drug-likeness (QED) is 0.0956. The van der Waals surface area contributed by atoms with E-state index in [0.717, 1.165) is 37.0 Å². The summed E-state index contributed by atoms with van der Waals surface area (Å²) in [7, 11) is -4.27. The van der Waals surface area contributed by atoms with E-state index in [-0.39, 0.29) is 4.90 Å². The lowest BCUT2D eigenvalue weighted by molar-refractivity contribution is 0.463. The van der Waals surface area contributed by atoms with Gasteiger partial charge in [-0.15, -0.1) is 0 Å². The Bertz CT molecular complexity index is 2140. The normalized spacial score (nSPS) is 11.6. The summed E-state index contributed by atoms with van der Waals surface area (Å²) in [5.41, 5.74) is 10.7. The average Bonchev–Trinajstić information content (AvgIpc) is 3.15. The highest BCUT2D eigenvalue weighted by Crippen LogP contribution is 2.27. The Morgan fingerprint density at radius 1 is 0.596 bits per heavy atom. The van der Waals surface area contributed by atoms with Crippen molar-refractivity contribution in [2.45, 2.75) is 46.4 Å². The lowest BCUT2D eigenvalue weighted by atomic mass is 9.95. The molecule has 0 spiro atoms. The van der Waals surface area contributed by atoms with Crippen molar-refractivity contribution in [1.82, 2.24) is 0 Å². The van der Waals surface area contributed by atoms with E-state index in [1.807, 2.05) is 6.92 Å². The number of benzene rings is 5. The van der Waals surface area contributed by atoms with Gasteiger partial charge in [0.2, 0.25) is 0 Å². The Labute approximate surface area is 311 Å². The van der Waals surface area contributed by atoms with E-state index in [2.05, 4.69) is 166 Å². The molecule has 0 amide bonds. The van der Waals surface area contributed by atoms with Crippen LogP contribution >= 0.6 is 0 Å². The Balaban J connectivity index is 0.000000470. The second-order valence-electron chi connectivity index (χ2n) is 12.6. The van der Waals surface area contributed by atoms with E-state index in [1.54, 1.807) is 12.1 Å². The van der Waals surface area contributed by atoms with Gasteiger partial charge in [-0.2, -0.15) is 0 Å². The van der Waals surface area contributed by atoms with E-state index in [0.29, 0.717) is 0 Å². The molecule has 5 aromatic rings. The van der Waals surface area contributed by atoms with Crippen molar-refractivity contribution in [2.24, 2.45) is 0 Å². The summed E-state index contributed by atoms with van der Waals surface area (Å²) in [5.74, 6) is 0. The fourth-order valence-electron chi connectivity index (χ4n) is 5.96. The third-order valence-electron chi connectivity index (χ3n) is 9.08. The summed E-state index contributed by atoms with van der Waals surface area (Å²) in [4.78, 5) is 4.57. The monoisotopic (exact) mass is 711 g/mol. The number of rotatable bonds is 12. The number of anilines is 2. The molecule has 0 atom stereocenters. The predicted molar refractivity (Wildman–Crippen MR) is 220 cm³/mol. The Kier molecular flexibility index (Phi) is 14.4. The zero-order valence-corrected chi connectivity index (χ0v) is 32.2. The largest absolute Gasteiger partial charge is 0.744 e. The van der Waals surface area contributed by atoms with E-state index in [4.69, 9.17) is 0 Å². The van der Waals surface area contributed by atoms with Crippen molar-refractivity contribution < 1.29 is 13.0 Å². The molecule has 0 aliphatic rings. The molecule has 0 aliphatic heterocycles. The van der Waals surface area contributed by atoms with Crippen LogP contribution in [0.4, 0.5) is 11.4 Å². The highest BCUT2D eigenvalue weighted by Gasteiger charge is 2.08. The SMILES string of the molecule is C=c1ccc(=C(/C=C/C=C(/c2ccc(C)cc2)c2ccc(N(CC)CC)cc2)c2ccc(N(CC)CC)cc2)cc1.Cc1ccc(S(=O)(=O)[O-])cc1. The maximum absolute atomic E-state index is 10.4. The molecule has 270 valence electrons. The minimum atomic E-state index is -4.27. The van der Waals surface area contributed by atoms with Crippen LogP contribution in [-0.2, 0) is 10.1 Å². The second kappa shape index (κ2) is 18.9. The van der Waals surface area contributed by atoms with Crippen molar-refractivity contribution in [2.75, 3.05) is 36.0 Å². The molecule has 0 fully saturated rings. The summed E-state index contributed by atoms with van der Waals surface area (Å²) < 4.78 is 31.2. The van der Waals surface area contributed by atoms with Gasteiger partial charge in [-0.05, 0) is 116 Å². The van der Waals surface area contributed by atoms with Crippen molar-refractivity contribution in [3.8, 4) is 0 Å². The molecule has 52 heavy (non-hydrogen) atoms. The molecule has 0 bridgehead atoms. The van der Waals surface area contributed by atoms with Gasteiger partial charge in [0, 0.05) is 37.6 Å². The summed E-state index contributed by atoms with van der Waals surface area (Å²) in [5, 5.41) is 2.20. The van der Waals surface area contributed by atoms with Gasteiger partial charge < -0.3 is 14.4 Å². The maximum Gasteiger partial charge on any atom is 0.124 e. The fourth-order valence-corrected chi connectivity index (χ4v) is 6.43. The average molecular weight is 712 g/mol. The molecule has 0 saturated carbocycles. The number of aryl methyl sites for hydroxylation is 2. The molecule has 5 nitrogen and oxygen atoms in total. The van der Waals surface area contributed by atoms with Crippen LogP contribution in [0.1, 0.15) is 55.5 Å². The zero-order valence-electron chi connectivity index (χ0n) is 31.3. The zero-order chi connectivity index (χ0) is 37.7. The van der Waals surface area contributed by atoms with Gasteiger partial charge in [0.1, 0.15) is 10.1 Å². The molecule has 5 aromatic carbocycles. The van der Waals surface area contributed by atoms with Gasteiger partial charge in [0.25, 0.3) is 0 Å². The first kappa shape index (κ1) is 39.6. The van der Waals surface area contributed by atoms with E-state index >= 15 is 0 Å². The predicted octanol–water partition coefficient (Wildman–Crippen LogP) is 8.88. The summed E-state index contributed by atoms with van der Waals surface area (Å²) >= 11 is 0. The van der Waals surface area contributed by atoms with Gasteiger partial charge in [0.15, 0.2) is 0 Å². The molecule has 5 rings (SSSR count). The van der Waals surface area contributed by atoms with Gasteiger partial charge >= 0.3 is 0 Å². The number of allylic oxidation sites excluding steroid dienone is 3. The van der Waals surface area contributed by atoms with Crippen LogP contribution < -0.4 is 20.2 Å². The molecule has 0 saturated heterocycles. The molecule has 0 radical (unpaired) electrons. The number of hydrogen-bond acceptors (Lipinski definition) is 5. The molecule has 0 aromatic heterocycles. The first-order valence-corrected chi connectivity index (χ1v) is 19.4. The third kappa shape index (κ3) is 10.9. The van der Waals surface area contributed by atoms with Crippen LogP contribution in [0.25, 0.3) is 17.7 Å². The highest BCUT2D eigenvalue weighted by molar-refractivity contribution is 7.85. The first-order valence-electron chi connectivity index (χ1n) is 17.9. The molecule has 0 aliphatic carbocycles. The van der Waals surface area contributed by atoms with Gasteiger partial charge in [-0.25, -0.2) is 8.42 Å². The number of nitrogens with zero attached hydrogens (tertiary/aromatic N) is 2. The Hall–Kier alpha value is -5.17. The minimum Gasteiger partial charge on any atom is -0.744 e. The fraction of sp³-hybridized carbons (Fsp3) is 0.217. The van der Waals surface area contributed by atoms with E-state index < -0.39 is 10.1 Å². The van der Waals surface area contributed by atoms with E-state index in [1.165, 1.54) is 62.1 Å². The van der Waals surface area contributed by atoms with Crippen LogP contribution in [0.2, 0.25) is 0 Å². The van der Waals surface area contributed by atoms with Gasteiger partial charge in [-0.3, -0.25) is 0 Å². The lowest BCUT2D eigenvalue weighted by Crippen LogP contribution is -2.21. The highest BCUT2D eigenvalue weighted by atomic mass is 32.2. The van der Waals surface area contributed by atoms with Crippen molar-refractivity contribution >= 4 is 39.2 Å². The maximum atomic E-state index is 10.4. The Morgan fingerprint density at radius 3 is 1.42 bits per heavy atom. The summed E-state index contributed by atoms with van der Waals surface area (Å²) in [6, 6.07) is 41.0. The molecule has 0 unspecified atom stereocenters. The topological polar surface area (TPSA) is 63.7 Å². The smallest absolute Gasteiger partial charge is 0.124 e. The van der Waals surface area contributed by atoms with Gasteiger partial charge in [-0.1, -0.05) is 121 Å². The first-order chi connectivity index (χ1) is 25.0. The minimum absolute atomic E-state index is 0.178. The van der Waals surface area contributed by atoms with Crippen molar-refractivity contribution in [3.63, 3.8) is 0 Å². The van der Waals surface area contributed by atoms with Crippen LogP contribution in [-0.4, -0.2) is 39.1 Å². The van der Waals surface area contributed by atoms with E-state index in [9.17, 15) is 13.0 Å². The molecule has 0 N–H and O–H groups in total. The Morgan fingerprint density at radius 2 is 1.00 bits per heavy atom. The standard InChI is InChI=1S/C39H44N2.C7H8O3S/c1-7-40(8-2)36-26-22-34(23-27-36)38(32-18-14-30(5)15-19-32)12-11-13-39(33-20-16-31(6)17-21-33)35-24-28-37(29-25-35)41(9-3)10-4;1-6-2-4-7(5-3-6)11(8,9)10/h11-29H,5,7-10H2,1-4,6H3;2-5H,1H3,(H,8,9,10)/p-1/b12-11+,39-13-;. The van der Waals surface area contributed by atoms with Crippen molar-refractivity contribution in [1.29, 1.82) is 0 Å². The van der Waals surface area contributed by atoms with Crippen LogP contribution in [0.15, 0.2) is 144 Å². The van der Waals surface area contributed by atoms with Crippen LogP contribution in [0.3, 0.4) is 0 Å². The molecule has 0 heterocycles. The van der Waals surface area contributed by atoms with Gasteiger partial charge in [0.05, 0.1) is 4.90 Å². The summed E-state index contributed by atoms with van der Waals surface area (Å²) in [6.45, 7) is 20.9. The molecule has 6 heteroatoms. The van der Waals surface area contributed by atoms with Crippen LogP contribution in [0.5, 0.6) is 0 Å². The van der Waals surface area contributed by atoms with Crippen LogP contribution in [0, 0.1) is 13.8 Å². The van der Waals surface area contributed by atoms with Crippen molar-refractivity contribution in [3.05, 3.63) is 178 Å². The lowest BCUT2D eigenvalue weighted by Gasteiger charge is -2.21. The second-order valence-corrected chi connectivity index (χ2v) is 14.0. The number of hydrogen-bond donors (Lipinski definition) is 0. The summed E-state index contributed by atoms with van der Waals surface area (Å²) in [6.07, 6.45) is 6.68. The third-order valence-corrected chi connectivity index (χ3v) is 9.93. The molecular weight excluding hydrogens is 661 g/mol.